The highest BCUT2D eigenvalue weighted by Crippen LogP contribution is 2.04. The van der Waals surface area contributed by atoms with Crippen LogP contribution in [0.1, 0.15) is 12.8 Å². The molecule has 0 rings (SSSR count). The molecule has 0 amide bonds. The zero-order chi connectivity index (χ0) is 9.40. The van der Waals surface area contributed by atoms with Crippen LogP contribution in [0.2, 0.25) is 0 Å². The summed E-state index contributed by atoms with van der Waals surface area (Å²) in [6, 6.07) is 0. The fraction of sp³-hybridized carbons (Fsp3) is 1.00. The van der Waals surface area contributed by atoms with Gasteiger partial charge in [0.15, 0.2) is 0 Å². The van der Waals surface area contributed by atoms with Gasteiger partial charge in [0.1, 0.15) is 0 Å². The Hall–Kier alpha value is -0.160. The number of rotatable bonds is 7. The highest BCUT2D eigenvalue weighted by Gasteiger charge is 2.09. The van der Waals surface area contributed by atoms with Crippen molar-refractivity contribution in [2.24, 2.45) is 0 Å². The standard InChI is InChI=1S/C8H18O4/c1-11-6-8(12-2)4-3-7(10)5-9/h7-10H,3-6H2,1-2H3/t7-,8+/m1/s1. The summed E-state index contributed by atoms with van der Waals surface area (Å²) in [6.45, 7) is 0.331. The maximum absolute atomic E-state index is 9.02. The minimum atomic E-state index is -0.639. The van der Waals surface area contributed by atoms with E-state index in [4.69, 9.17) is 19.7 Å². The second kappa shape index (κ2) is 7.49. The lowest BCUT2D eigenvalue weighted by Gasteiger charge is -2.15. The quantitative estimate of drug-likeness (QED) is 0.566. The number of methoxy groups -OCH3 is 2. The molecule has 0 saturated carbocycles. The maximum Gasteiger partial charge on any atom is 0.0805 e. The topological polar surface area (TPSA) is 58.9 Å². The van der Waals surface area contributed by atoms with E-state index in [9.17, 15) is 0 Å². The third-order valence-electron chi connectivity index (χ3n) is 1.72. The first-order chi connectivity index (χ1) is 5.74. The second-order valence-electron chi connectivity index (χ2n) is 2.73. The molecule has 0 aliphatic carbocycles. The molecular weight excluding hydrogens is 160 g/mol. The van der Waals surface area contributed by atoms with E-state index >= 15 is 0 Å². The number of hydrogen-bond acceptors (Lipinski definition) is 4. The summed E-state index contributed by atoms with van der Waals surface area (Å²) in [5.74, 6) is 0. The average molecular weight is 178 g/mol. The van der Waals surface area contributed by atoms with Gasteiger partial charge in [0.2, 0.25) is 0 Å². The van der Waals surface area contributed by atoms with Crippen LogP contribution < -0.4 is 0 Å². The van der Waals surface area contributed by atoms with Gasteiger partial charge >= 0.3 is 0 Å². The molecule has 0 aromatic rings. The van der Waals surface area contributed by atoms with Gasteiger partial charge in [0.05, 0.1) is 25.4 Å². The lowest BCUT2D eigenvalue weighted by atomic mass is 10.1. The van der Waals surface area contributed by atoms with E-state index in [2.05, 4.69) is 0 Å². The first kappa shape index (κ1) is 11.8. The molecule has 4 nitrogen and oxygen atoms in total. The molecule has 2 atom stereocenters. The summed E-state index contributed by atoms with van der Waals surface area (Å²) in [6.07, 6.45) is 0.612. The summed E-state index contributed by atoms with van der Waals surface area (Å²) in [4.78, 5) is 0. The van der Waals surface area contributed by atoms with Crippen LogP contribution in [-0.4, -0.2) is 49.9 Å². The van der Waals surface area contributed by atoms with Crippen molar-refractivity contribution in [2.75, 3.05) is 27.4 Å². The molecule has 12 heavy (non-hydrogen) atoms. The van der Waals surface area contributed by atoms with Crippen LogP contribution in [0.5, 0.6) is 0 Å². The minimum absolute atomic E-state index is 0.0104. The van der Waals surface area contributed by atoms with E-state index in [1.807, 2.05) is 0 Å². The summed E-state index contributed by atoms with van der Waals surface area (Å²) in [5, 5.41) is 17.6. The van der Waals surface area contributed by atoms with Crippen LogP contribution in [0.3, 0.4) is 0 Å². The van der Waals surface area contributed by atoms with E-state index in [1.165, 1.54) is 0 Å². The summed E-state index contributed by atoms with van der Waals surface area (Å²) in [7, 11) is 3.21. The lowest BCUT2D eigenvalue weighted by molar-refractivity contribution is 0.00813. The molecule has 74 valence electrons. The molecule has 0 radical (unpaired) electrons. The highest BCUT2D eigenvalue weighted by molar-refractivity contribution is 4.60. The molecule has 0 saturated heterocycles. The predicted octanol–water partition coefficient (Wildman–Crippen LogP) is -0.219. The van der Waals surface area contributed by atoms with Crippen molar-refractivity contribution >= 4 is 0 Å². The molecule has 0 bridgehead atoms. The number of aliphatic hydroxyl groups is 2. The molecule has 0 aromatic heterocycles. The van der Waals surface area contributed by atoms with Crippen LogP contribution in [-0.2, 0) is 9.47 Å². The smallest absolute Gasteiger partial charge is 0.0805 e. The van der Waals surface area contributed by atoms with Gasteiger partial charge in [-0.15, -0.1) is 0 Å². The molecule has 0 aliphatic heterocycles. The van der Waals surface area contributed by atoms with Crippen LogP contribution in [0.4, 0.5) is 0 Å². The first-order valence-electron chi connectivity index (χ1n) is 4.05. The molecule has 0 aromatic carbocycles. The monoisotopic (exact) mass is 178 g/mol. The zero-order valence-corrected chi connectivity index (χ0v) is 7.69. The summed E-state index contributed by atoms with van der Waals surface area (Å²) < 4.78 is 9.96. The van der Waals surface area contributed by atoms with Crippen LogP contribution in [0, 0.1) is 0 Å². The summed E-state index contributed by atoms with van der Waals surface area (Å²) >= 11 is 0. The molecule has 0 spiro atoms. The van der Waals surface area contributed by atoms with E-state index in [0.29, 0.717) is 19.4 Å². The van der Waals surface area contributed by atoms with Crippen molar-refractivity contribution in [3.05, 3.63) is 0 Å². The van der Waals surface area contributed by atoms with Crippen molar-refractivity contribution in [1.29, 1.82) is 0 Å². The van der Waals surface area contributed by atoms with E-state index < -0.39 is 6.10 Å². The Bertz CT molecular complexity index is 97.1. The van der Waals surface area contributed by atoms with Gasteiger partial charge in [-0.2, -0.15) is 0 Å². The average Bonchev–Trinajstić information content (AvgIpc) is 2.11. The zero-order valence-electron chi connectivity index (χ0n) is 7.69. The fourth-order valence-corrected chi connectivity index (χ4v) is 0.925. The van der Waals surface area contributed by atoms with Gasteiger partial charge in [-0.25, -0.2) is 0 Å². The normalized spacial score (nSPS) is 16.0. The third kappa shape index (κ3) is 5.49. The lowest BCUT2D eigenvalue weighted by Crippen LogP contribution is -2.21. The van der Waals surface area contributed by atoms with Crippen molar-refractivity contribution < 1.29 is 19.7 Å². The third-order valence-corrected chi connectivity index (χ3v) is 1.72. The molecule has 0 unspecified atom stereocenters. The SMILES string of the molecule is COC[C@H](CC[C@@H](O)CO)OC. The second-order valence-corrected chi connectivity index (χ2v) is 2.73. The van der Waals surface area contributed by atoms with Crippen molar-refractivity contribution in [3.8, 4) is 0 Å². The van der Waals surface area contributed by atoms with Crippen LogP contribution in [0.25, 0.3) is 0 Å². The number of ether oxygens (including phenoxy) is 2. The van der Waals surface area contributed by atoms with Gasteiger partial charge in [0, 0.05) is 14.2 Å². The highest BCUT2D eigenvalue weighted by atomic mass is 16.5. The molecule has 0 heterocycles. The molecule has 0 fully saturated rings. The van der Waals surface area contributed by atoms with Gasteiger partial charge in [-0.1, -0.05) is 0 Å². The van der Waals surface area contributed by atoms with E-state index in [-0.39, 0.29) is 12.7 Å². The Morgan fingerprint density at radius 1 is 1.25 bits per heavy atom. The van der Waals surface area contributed by atoms with E-state index in [0.717, 1.165) is 0 Å². The Morgan fingerprint density at radius 2 is 1.92 bits per heavy atom. The Labute approximate surface area is 73.1 Å². The molecule has 4 heteroatoms. The fourth-order valence-electron chi connectivity index (χ4n) is 0.925. The Kier molecular flexibility index (Phi) is 7.39. The number of hydrogen-bond donors (Lipinski definition) is 2. The largest absolute Gasteiger partial charge is 0.394 e. The first-order valence-corrected chi connectivity index (χ1v) is 4.05. The van der Waals surface area contributed by atoms with Crippen molar-refractivity contribution in [2.45, 2.75) is 25.0 Å². The van der Waals surface area contributed by atoms with Gasteiger partial charge < -0.3 is 19.7 Å². The van der Waals surface area contributed by atoms with Crippen molar-refractivity contribution in [3.63, 3.8) is 0 Å². The Balaban J connectivity index is 3.43. The number of aliphatic hydroxyl groups excluding tert-OH is 2. The molecule has 2 N–H and O–H groups in total. The molecule has 0 aliphatic rings. The summed E-state index contributed by atoms with van der Waals surface area (Å²) in [5.41, 5.74) is 0. The molecular formula is C8H18O4. The van der Waals surface area contributed by atoms with Crippen LogP contribution >= 0.6 is 0 Å². The van der Waals surface area contributed by atoms with Crippen molar-refractivity contribution in [1.82, 2.24) is 0 Å². The minimum Gasteiger partial charge on any atom is -0.394 e. The van der Waals surface area contributed by atoms with Gasteiger partial charge in [0.25, 0.3) is 0 Å². The maximum atomic E-state index is 9.02. The van der Waals surface area contributed by atoms with E-state index in [1.54, 1.807) is 14.2 Å². The Morgan fingerprint density at radius 3 is 2.33 bits per heavy atom. The van der Waals surface area contributed by atoms with Crippen LogP contribution in [0.15, 0.2) is 0 Å². The predicted molar refractivity (Wildman–Crippen MR) is 45.0 cm³/mol. The van der Waals surface area contributed by atoms with Gasteiger partial charge in [-0.05, 0) is 12.8 Å². The van der Waals surface area contributed by atoms with Gasteiger partial charge in [-0.3, -0.25) is 0 Å².